The number of carbonyl (C=O) groups is 1. The van der Waals surface area contributed by atoms with Crippen molar-refractivity contribution in [1.82, 2.24) is 0 Å². The number of carboxylic acid groups (broad SMARTS) is 1. The molecule has 0 atom stereocenters. The number of rotatable bonds is 1. The van der Waals surface area contributed by atoms with E-state index in [9.17, 15) is 4.79 Å². The standard InChI is InChI=1S/C7H9NO2Se/c1-3-5(8)4(2)11-6(3)7(9)10/h8H2,1-2H3,(H,9,10). The first-order valence-electron chi connectivity index (χ1n) is 3.12. The number of aromatic carboxylic acids is 1. The summed E-state index contributed by atoms with van der Waals surface area (Å²) in [6.07, 6.45) is 0. The Morgan fingerprint density at radius 2 is 2.09 bits per heavy atom. The fourth-order valence-electron chi connectivity index (χ4n) is 0.875. The molecule has 11 heavy (non-hydrogen) atoms. The van der Waals surface area contributed by atoms with Crippen molar-refractivity contribution in [2.75, 3.05) is 5.73 Å². The minimum absolute atomic E-state index is 0.0556. The summed E-state index contributed by atoms with van der Waals surface area (Å²) in [5, 5.41) is 8.69. The SMILES string of the molecule is Cc1[se]c(C(=O)O)c(C)c1N. The van der Waals surface area contributed by atoms with E-state index in [0.29, 0.717) is 10.1 Å². The van der Waals surface area contributed by atoms with Gasteiger partial charge in [0, 0.05) is 0 Å². The van der Waals surface area contributed by atoms with Gasteiger partial charge in [0.1, 0.15) is 0 Å². The van der Waals surface area contributed by atoms with Gasteiger partial charge in [-0.25, -0.2) is 0 Å². The number of hydrogen-bond donors (Lipinski definition) is 2. The molecule has 0 amide bonds. The van der Waals surface area contributed by atoms with Crippen molar-refractivity contribution < 1.29 is 9.90 Å². The molecule has 0 saturated heterocycles. The Balaban J connectivity index is 3.29. The molecule has 0 aliphatic heterocycles. The van der Waals surface area contributed by atoms with Crippen LogP contribution in [0, 0.1) is 13.8 Å². The molecule has 0 fully saturated rings. The van der Waals surface area contributed by atoms with Crippen molar-refractivity contribution in [3.8, 4) is 0 Å². The molecule has 3 nitrogen and oxygen atoms in total. The van der Waals surface area contributed by atoms with Crippen LogP contribution < -0.4 is 5.73 Å². The number of hydrogen-bond acceptors (Lipinski definition) is 2. The van der Waals surface area contributed by atoms with Gasteiger partial charge in [-0.1, -0.05) is 0 Å². The Hall–Kier alpha value is -0.731. The summed E-state index contributed by atoms with van der Waals surface area (Å²) in [7, 11) is 0. The quantitative estimate of drug-likeness (QED) is 0.680. The third kappa shape index (κ3) is 1.32. The van der Waals surface area contributed by atoms with E-state index in [-0.39, 0.29) is 14.5 Å². The summed E-state index contributed by atoms with van der Waals surface area (Å²) in [5.41, 5.74) is 7.04. The number of anilines is 1. The van der Waals surface area contributed by atoms with Gasteiger partial charge in [-0.15, -0.1) is 0 Å². The first-order chi connectivity index (χ1) is 5.04. The number of aryl methyl sites for hydroxylation is 1. The minimum atomic E-state index is -0.831. The van der Waals surface area contributed by atoms with Crippen molar-refractivity contribution >= 4 is 26.2 Å². The van der Waals surface area contributed by atoms with Gasteiger partial charge in [-0.3, -0.25) is 0 Å². The van der Waals surface area contributed by atoms with Gasteiger partial charge in [-0.2, -0.15) is 0 Å². The molecule has 60 valence electrons. The van der Waals surface area contributed by atoms with Crippen LogP contribution in [0.3, 0.4) is 0 Å². The van der Waals surface area contributed by atoms with Crippen molar-refractivity contribution in [3.05, 3.63) is 14.4 Å². The molecule has 0 aliphatic carbocycles. The molecule has 0 aromatic carbocycles. The van der Waals surface area contributed by atoms with Crippen LogP contribution in [0.2, 0.25) is 0 Å². The molecule has 0 bridgehead atoms. The molecule has 0 spiro atoms. The fraction of sp³-hybridized carbons (Fsp3) is 0.286. The fourth-order valence-corrected chi connectivity index (χ4v) is 2.80. The van der Waals surface area contributed by atoms with E-state index < -0.39 is 5.97 Å². The van der Waals surface area contributed by atoms with Crippen LogP contribution >= 0.6 is 0 Å². The van der Waals surface area contributed by atoms with Crippen molar-refractivity contribution in [2.24, 2.45) is 0 Å². The summed E-state index contributed by atoms with van der Waals surface area (Å²) in [4.78, 5) is 10.6. The van der Waals surface area contributed by atoms with E-state index in [0.717, 1.165) is 10.0 Å². The molecule has 3 N–H and O–H groups in total. The summed E-state index contributed by atoms with van der Waals surface area (Å²) >= 11 is -0.0556. The normalized spacial score (nSPS) is 10.0. The number of nitrogen functional groups attached to an aromatic ring is 1. The Morgan fingerprint density at radius 3 is 2.27 bits per heavy atom. The molecule has 1 aromatic rings. The predicted molar refractivity (Wildman–Crippen MR) is 44.2 cm³/mol. The Morgan fingerprint density at radius 1 is 1.55 bits per heavy atom. The average molecular weight is 218 g/mol. The van der Waals surface area contributed by atoms with Crippen molar-refractivity contribution in [2.45, 2.75) is 13.8 Å². The maximum atomic E-state index is 10.6. The Labute approximate surface area is 70.6 Å². The Bertz CT molecular complexity index is 304. The number of nitrogens with two attached hydrogens (primary N) is 1. The molecule has 1 heterocycles. The summed E-state index contributed by atoms with van der Waals surface area (Å²) in [6, 6.07) is 0. The van der Waals surface area contributed by atoms with Crippen LogP contribution in [0.25, 0.3) is 0 Å². The number of carboxylic acids is 1. The van der Waals surface area contributed by atoms with Crippen LogP contribution in [0.5, 0.6) is 0 Å². The van der Waals surface area contributed by atoms with E-state index >= 15 is 0 Å². The van der Waals surface area contributed by atoms with Crippen LogP contribution in [0.1, 0.15) is 19.2 Å². The van der Waals surface area contributed by atoms with E-state index in [1.54, 1.807) is 6.92 Å². The van der Waals surface area contributed by atoms with E-state index in [1.807, 2.05) is 6.92 Å². The average Bonchev–Trinajstić information content (AvgIpc) is 2.17. The van der Waals surface area contributed by atoms with Crippen LogP contribution in [0.4, 0.5) is 5.69 Å². The van der Waals surface area contributed by atoms with Gasteiger partial charge in [0.05, 0.1) is 0 Å². The molecular weight excluding hydrogens is 209 g/mol. The van der Waals surface area contributed by atoms with Crippen LogP contribution in [-0.2, 0) is 0 Å². The third-order valence-electron chi connectivity index (χ3n) is 1.57. The van der Waals surface area contributed by atoms with Crippen molar-refractivity contribution in [3.63, 3.8) is 0 Å². The van der Waals surface area contributed by atoms with Gasteiger partial charge < -0.3 is 0 Å². The van der Waals surface area contributed by atoms with Gasteiger partial charge >= 0.3 is 70.1 Å². The summed E-state index contributed by atoms with van der Waals surface area (Å²) < 4.78 is 1.51. The molecule has 0 radical (unpaired) electrons. The zero-order chi connectivity index (χ0) is 8.59. The molecule has 0 unspecified atom stereocenters. The van der Waals surface area contributed by atoms with Crippen LogP contribution in [-0.4, -0.2) is 25.6 Å². The second kappa shape index (κ2) is 2.72. The third-order valence-corrected chi connectivity index (χ3v) is 4.11. The monoisotopic (exact) mass is 219 g/mol. The van der Waals surface area contributed by atoms with E-state index in [4.69, 9.17) is 10.8 Å². The van der Waals surface area contributed by atoms with E-state index in [1.165, 1.54) is 0 Å². The first-order valence-corrected chi connectivity index (χ1v) is 4.84. The Kier molecular flexibility index (Phi) is 2.07. The van der Waals surface area contributed by atoms with Gasteiger partial charge in [0.15, 0.2) is 0 Å². The maximum absolute atomic E-state index is 10.6. The summed E-state index contributed by atoms with van der Waals surface area (Å²) in [6.45, 7) is 3.64. The molecule has 1 aromatic heterocycles. The molecule has 0 saturated carbocycles. The second-order valence-electron chi connectivity index (χ2n) is 2.33. The van der Waals surface area contributed by atoms with Gasteiger partial charge in [0.2, 0.25) is 0 Å². The van der Waals surface area contributed by atoms with Gasteiger partial charge in [-0.05, 0) is 0 Å². The molecule has 1 rings (SSSR count). The zero-order valence-electron chi connectivity index (χ0n) is 6.34. The second-order valence-corrected chi connectivity index (χ2v) is 4.90. The van der Waals surface area contributed by atoms with Crippen molar-refractivity contribution in [1.29, 1.82) is 0 Å². The first kappa shape index (κ1) is 8.37. The van der Waals surface area contributed by atoms with Gasteiger partial charge in [0.25, 0.3) is 0 Å². The molecular formula is C7H9NO2Se. The topological polar surface area (TPSA) is 63.3 Å². The molecule has 4 heteroatoms. The summed E-state index contributed by atoms with van der Waals surface area (Å²) in [5.74, 6) is -0.831. The van der Waals surface area contributed by atoms with E-state index in [2.05, 4.69) is 0 Å². The zero-order valence-corrected chi connectivity index (χ0v) is 8.05. The molecule has 0 aliphatic rings. The van der Waals surface area contributed by atoms with Crippen LogP contribution in [0.15, 0.2) is 0 Å². The predicted octanol–water partition coefficient (Wildman–Crippen LogP) is 0.641.